The first-order valence-electron chi connectivity index (χ1n) is 4.54. The molecule has 0 aliphatic carbocycles. The molecule has 0 spiro atoms. The highest BCUT2D eigenvalue weighted by atomic mass is 19.1. The van der Waals surface area contributed by atoms with Gasteiger partial charge in [0.2, 0.25) is 0 Å². The van der Waals surface area contributed by atoms with Crippen molar-refractivity contribution in [1.29, 1.82) is 5.41 Å². The summed E-state index contributed by atoms with van der Waals surface area (Å²) in [6, 6.07) is 4.22. The van der Waals surface area contributed by atoms with E-state index in [1.807, 2.05) is 0 Å². The van der Waals surface area contributed by atoms with Gasteiger partial charge >= 0.3 is 5.97 Å². The predicted octanol–water partition coefficient (Wildman–Crippen LogP) is 0.523. The molecule has 0 radical (unpaired) electrons. The van der Waals surface area contributed by atoms with Crippen molar-refractivity contribution in [2.75, 3.05) is 6.54 Å². The van der Waals surface area contributed by atoms with E-state index in [-0.39, 0.29) is 23.8 Å². The lowest BCUT2D eigenvalue weighted by Crippen LogP contribution is -2.36. The van der Waals surface area contributed by atoms with E-state index >= 15 is 0 Å². The molecule has 0 aliphatic heterocycles. The molecule has 1 rings (SSSR count). The van der Waals surface area contributed by atoms with Crippen molar-refractivity contribution < 1.29 is 13.9 Å². The summed E-state index contributed by atoms with van der Waals surface area (Å²) in [7, 11) is 0. The van der Waals surface area contributed by atoms with E-state index < -0.39 is 11.8 Å². The third kappa shape index (κ3) is 3.23. The number of rotatable bonds is 3. The van der Waals surface area contributed by atoms with Gasteiger partial charge in [-0.1, -0.05) is 6.07 Å². The van der Waals surface area contributed by atoms with Gasteiger partial charge in [-0.2, -0.15) is 0 Å². The fraction of sp³-hybridized carbons (Fsp3) is 0.200. The summed E-state index contributed by atoms with van der Waals surface area (Å²) in [4.78, 5) is 11.2. The second-order valence-electron chi connectivity index (χ2n) is 3.10. The van der Waals surface area contributed by atoms with Crippen LogP contribution in [-0.2, 0) is 4.79 Å². The third-order valence-electron chi connectivity index (χ3n) is 1.86. The molecule has 0 amide bonds. The van der Waals surface area contributed by atoms with Crippen LogP contribution >= 0.6 is 0 Å². The van der Waals surface area contributed by atoms with Gasteiger partial charge in [0.15, 0.2) is 5.96 Å². The summed E-state index contributed by atoms with van der Waals surface area (Å²) >= 11 is 0. The van der Waals surface area contributed by atoms with E-state index in [4.69, 9.17) is 15.9 Å². The van der Waals surface area contributed by atoms with E-state index in [0.29, 0.717) is 0 Å². The van der Waals surface area contributed by atoms with Crippen LogP contribution in [0.25, 0.3) is 0 Å². The van der Waals surface area contributed by atoms with Crippen molar-refractivity contribution >= 4 is 11.9 Å². The minimum atomic E-state index is -0.635. The van der Waals surface area contributed by atoms with Crippen molar-refractivity contribution in [2.45, 2.75) is 6.92 Å². The van der Waals surface area contributed by atoms with Crippen molar-refractivity contribution in [2.24, 2.45) is 5.73 Å². The Hall–Kier alpha value is -2.11. The van der Waals surface area contributed by atoms with Crippen LogP contribution in [0.1, 0.15) is 5.56 Å². The van der Waals surface area contributed by atoms with Gasteiger partial charge in [-0.15, -0.1) is 0 Å². The Balaban J connectivity index is 2.63. The number of hydrogen-bond donors (Lipinski definition) is 3. The number of nitrogens with one attached hydrogen (secondary N) is 2. The van der Waals surface area contributed by atoms with Crippen molar-refractivity contribution in [3.63, 3.8) is 0 Å². The summed E-state index contributed by atoms with van der Waals surface area (Å²) in [5.41, 5.74) is 5.26. The smallest absolute Gasteiger partial charge is 0.330 e. The van der Waals surface area contributed by atoms with Crippen LogP contribution in [0.5, 0.6) is 5.75 Å². The van der Waals surface area contributed by atoms with Gasteiger partial charge in [0.25, 0.3) is 0 Å². The number of guanidine groups is 1. The van der Waals surface area contributed by atoms with E-state index in [1.54, 1.807) is 0 Å². The molecule has 0 atom stereocenters. The van der Waals surface area contributed by atoms with Crippen LogP contribution in [0.4, 0.5) is 4.39 Å². The molecule has 0 saturated heterocycles. The van der Waals surface area contributed by atoms with Crippen molar-refractivity contribution in [1.82, 2.24) is 5.32 Å². The highest BCUT2D eigenvalue weighted by Gasteiger charge is 2.09. The molecule has 1 aromatic carbocycles. The Bertz CT molecular complexity index is 421. The SMILES string of the molecule is Cc1c(F)cccc1OC(=O)CNC(=N)N. The van der Waals surface area contributed by atoms with E-state index in [9.17, 15) is 9.18 Å². The molecule has 4 N–H and O–H groups in total. The van der Waals surface area contributed by atoms with Crippen molar-refractivity contribution in [3.8, 4) is 5.75 Å². The van der Waals surface area contributed by atoms with Gasteiger partial charge in [0.05, 0.1) is 0 Å². The molecule has 0 aliphatic rings. The van der Waals surface area contributed by atoms with Crippen molar-refractivity contribution in [3.05, 3.63) is 29.6 Å². The summed E-state index contributed by atoms with van der Waals surface area (Å²) in [5, 5.41) is 9.14. The van der Waals surface area contributed by atoms with Crippen LogP contribution in [0.2, 0.25) is 0 Å². The van der Waals surface area contributed by atoms with E-state index in [1.165, 1.54) is 25.1 Å². The van der Waals surface area contributed by atoms with Gasteiger partial charge < -0.3 is 15.8 Å². The minimum absolute atomic E-state index is 0.162. The fourth-order valence-electron chi connectivity index (χ4n) is 1.02. The van der Waals surface area contributed by atoms with Gasteiger partial charge in [0, 0.05) is 5.56 Å². The number of carbonyl (C=O) groups is 1. The first-order chi connectivity index (χ1) is 7.50. The lowest BCUT2D eigenvalue weighted by molar-refractivity contribution is -0.133. The number of nitrogens with two attached hydrogens (primary N) is 1. The van der Waals surface area contributed by atoms with E-state index in [2.05, 4.69) is 5.32 Å². The first-order valence-corrected chi connectivity index (χ1v) is 4.54. The summed E-state index contributed by atoms with van der Waals surface area (Å²) in [6.07, 6.45) is 0. The molecule has 0 unspecified atom stereocenters. The molecule has 0 fully saturated rings. The Morgan fingerprint density at radius 2 is 2.31 bits per heavy atom. The maximum atomic E-state index is 13.1. The van der Waals surface area contributed by atoms with Gasteiger partial charge in [0.1, 0.15) is 18.1 Å². The lowest BCUT2D eigenvalue weighted by Gasteiger charge is -2.08. The molecular weight excluding hydrogens is 213 g/mol. The minimum Gasteiger partial charge on any atom is -0.425 e. The molecule has 1 aromatic rings. The number of halogens is 1. The third-order valence-corrected chi connectivity index (χ3v) is 1.86. The second kappa shape index (κ2) is 5.11. The molecular formula is C10H12FN3O2. The molecule has 0 saturated carbocycles. The van der Waals surface area contributed by atoms with Crippen LogP contribution in [0, 0.1) is 18.2 Å². The molecule has 86 valence electrons. The number of hydrogen-bond acceptors (Lipinski definition) is 3. The Morgan fingerprint density at radius 1 is 1.62 bits per heavy atom. The number of esters is 1. The molecule has 0 bridgehead atoms. The van der Waals surface area contributed by atoms with Crippen LogP contribution in [-0.4, -0.2) is 18.5 Å². The highest BCUT2D eigenvalue weighted by Crippen LogP contribution is 2.19. The lowest BCUT2D eigenvalue weighted by atomic mass is 10.2. The summed E-state index contributed by atoms with van der Waals surface area (Å²) in [6.45, 7) is 1.28. The zero-order valence-electron chi connectivity index (χ0n) is 8.71. The molecule has 5 nitrogen and oxygen atoms in total. The largest absolute Gasteiger partial charge is 0.425 e. The second-order valence-corrected chi connectivity index (χ2v) is 3.10. The van der Waals surface area contributed by atoms with Gasteiger partial charge in [-0.25, -0.2) is 9.18 Å². The topological polar surface area (TPSA) is 88.2 Å². The Kier molecular flexibility index (Phi) is 3.82. The summed E-state index contributed by atoms with van der Waals surface area (Å²) in [5.74, 6) is -1.24. The summed E-state index contributed by atoms with van der Waals surface area (Å²) < 4.78 is 18.0. The van der Waals surface area contributed by atoms with Gasteiger partial charge in [-0.05, 0) is 19.1 Å². The average Bonchev–Trinajstić information content (AvgIpc) is 2.22. The normalized spacial score (nSPS) is 9.62. The van der Waals surface area contributed by atoms with Gasteiger partial charge in [-0.3, -0.25) is 5.41 Å². The predicted molar refractivity (Wildman–Crippen MR) is 56.7 cm³/mol. The Labute approximate surface area is 91.9 Å². The molecule has 0 heterocycles. The Morgan fingerprint density at radius 3 is 2.94 bits per heavy atom. The quantitative estimate of drug-likeness (QED) is 0.303. The van der Waals surface area contributed by atoms with Crippen LogP contribution in [0.15, 0.2) is 18.2 Å². The van der Waals surface area contributed by atoms with Crippen LogP contribution in [0.3, 0.4) is 0 Å². The standard InChI is InChI=1S/C10H12FN3O2/c1-6-7(11)3-2-4-8(6)16-9(15)5-14-10(12)13/h2-4H,5H2,1H3,(H4,12,13,14). The average molecular weight is 225 g/mol. The molecule has 16 heavy (non-hydrogen) atoms. The number of carbonyl (C=O) groups excluding carboxylic acids is 1. The monoisotopic (exact) mass is 225 g/mol. The molecule has 0 aromatic heterocycles. The fourth-order valence-corrected chi connectivity index (χ4v) is 1.02. The first kappa shape index (κ1) is 12.0. The zero-order chi connectivity index (χ0) is 12.1. The number of benzene rings is 1. The maximum absolute atomic E-state index is 13.1. The highest BCUT2D eigenvalue weighted by molar-refractivity contribution is 5.82. The molecule has 6 heteroatoms. The number of ether oxygens (including phenoxy) is 1. The van der Waals surface area contributed by atoms with E-state index in [0.717, 1.165) is 0 Å². The van der Waals surface area contributed by atoms with Crippen LogP contribution < -0.4 is 15.8 Å². The maximum Gasteiger partial charge on any atom is 0.330 e. The zero-order valence-corrected chi connectivity index (χ0v) is 8.71.